The molecule has 3 rings (SSSR count). The SMILES string of the molecule is CC1(C)C2CN(C(=O)NCCNC(=O)Cc3cccc(F)c3)CC21. The third kappa shape index (κ3) is 3.52. The van der Waals surface area contributed by atoms with Gasteiger partial charge in [-0.05, 0) is 34.9 Å². The van der Waals surface area contributed by atoms with E-state index in [4.69, 9.17) is 0 Å². The number of nitrogens with one attached hydrogen (secondary N) is 2. The molecule has 2 atom stereocenters. The standard InChI is InChI=1S/C18H24FN3O2/c1-18(2)14-10-22(11-15(14)18)17(24)21-7-6-20-16(23)9-12-4-3-5-13(19)8-12/h3-5,8,14-15H,6-7,9-11H2,1-2H3,(H,20,23)(H,21,24). The number of rotatable bonds is 5. The van der Waals surface area contributed by atoms with Crippen molar-refractivity contribution in [1.29, 1.82) is 0 Å². The molecule has 1 heterocycles. The van der Waals surface area contributed by atoms with Crippen LogP contribution in [0.3, 0.4) is 0 Å². The molecule has 2 N–H and O–H groups in total. The average Bonchev–Trinajstić information content (AvgIpc) is 2.90. The molecule has 0 aromatic heterocycles. The highest BCUT2D eigenvalue weighted by Crippen LogP contribution is 2.61. The van der Waals surface area contributed by atoms with E-state index >= 15 is 0 Å². The lowest BCUT2D eigenvalue weighted by Gasteiger charge is -2.22. The van der Waals surface area contributed by atoms with Gasteiger partial charge in [-0.15, -0.1) is 0 Å². The second-order valence-electron chi connectivity index (χ2n) is 7.33. The molecule has 130 valence electrons. The van der Waals surface area contributed by atoms with E-state index in [1.54, 1.807) is 12.1 Å². The van der Waals surface area contributed by atoms with Gasteiger partial charge >= 0.3 is 6.03 Å². The lowest BCUT2D eigenvalue weighted by molar-refractivity contribution is -0.120. The number of halogens is 1. The summed E-state index contributed by atoms with van der Waals surface area (Å²) in [7, 11) is 0. The third-order valence-electron chi connectivity index (χ3n) is 5.39. The number of likely N-dealkylation sites (tertiary alicyclic amines) is 1. The molecule has 0 bridgehead atoms. The average molecular weight is 333 g/mol. The van der Waals surface area contributed by atoms with Gasteiger partial charge in [-0.2, -0.15) is 0 Å². The van der Waals surface area contributed by atoms with Crippen LogP contribution in [0, 0.1) is 23.1 Å². The van der Waals surface area contributed by atoms with Gasteiger partial charge < -0.3 is 15.5 Å². The Morgan fingerprint density at radius 3 is 2.54 bits per heavy atom. The number of nitrogens with zero attached hydrogens (tertiary/aromatic N) is 1. The smallest absolute Gasteiger partial charge is 0.317 e. The van der Waals surface area contributed by atoms with Crippen molar-refractivity contribution in [2.24, 2.45) is 17.3 Å². The Balaban J connectivity index is 1.31. The highest BCUT2D eigenvalue weighted by Gasteiger charge is 2.62. The Bertz CT molecular complexity index is 633. The molecular formula is C18H24FN3O2. The van der Waals surface area contributed by atoms with Crippen LogP contribution in [0.4, 0.5) is 9.18 Å². The van der Waals surface area contributed by atoms with Gasteiger partial charge in [-0.25, -0.2) is 9.18 Å². The lowest BCUT2D eigenvalue weighted by atomic mass is 10.1. The minimum absolute atomic E-state index is 0.0580. The van der Waals surface area contributed by atoms with Crippen LogP contribution in [0.1, 0.15) is 19.4 Å². The van der Waals surface area contributed by atoms with Crippen molar-refractivity contribution in [1.82, 2.24) is 15.5 Å². The zero-order valence-electron chi connectivity index (χ0n) is 14.1. The minimum Gasteiger partial charge on any atom is -0.354 e. The lowest BCUT2D eigenvalue weighted by Crippen LogP contribution is -2.43. The Kier molecular flexibility index (Phi) is 4.47. The van der Waals surface area contributed by atoms with Crippen LogP contribution in [0.5, 0.6) is 0 Å². The number of benzene rings is 1. The van der Waals surface area contributed by atoms with Crippen LogP contribution in [0.2, 0.25) is 0 Å². The molecule has 1 saturated carbocycles. The second kappa shape index (κ2) is 6.42. The third-order valence-corrected chi connectivity index (χ3v) is 5.39. The zero-order valence-corrected chi connectivity index (χ0v) is 14.1. The summed E-state index contributed by atoms with van der Waals surface area (Å²) >= 11 is 0. The molecule has 2 fully saturated rings. The summed E-state index contributed by atoms with van der Waals surface area (Å²) in [6, 6.07) is 5.93. The number of hydrogen-bond donors (Lipinski definition) is 2. The van der Waals surface area contributed by atoms with Crippen LogP contribution >= 0.6 is 0 Å². The number of carbonyl (C=O) groups excluding carboxylic acids is 2. The first-order valence-electron chi connectivity index (χ1n) is 8.42. The Morgan fingerprint density at radius 1 is 1.21 bits per heavy atom. The summed E-state index contributed by atoms with van der Waals surface area (Å²) in [5.41, 5.74) is 1.03. The number of urea groups is 1. The molecule has 24 heavy (non-hydrogen) atoms. The predicted molar refractivity (Wildman–Crippen MR) is 88.8 cm³/mol. The summed E-state index contributed by atoms with van der Waals surface area (Å²) in [5.74, 6) is 0.738. The molecule has 0 radical (unpaired) electrons. The van der Waals surface area contributed by atoms with Crippen LogP contribution in [0.25, 0.3) is 0 Å². The molecule has 1 saturated heterocycles. The summed E-state index contributed by atoms with van der Waals surface area (Å²) in [6.45, 7) is 6.93. The van der Waals surface area contributed by atoms with E-state index in [1.165, 1.54) is 12.1 Å². The first-order chi connectivity index (χ1) is 11.4. The van der Waals surface area contributed by atoms with Gasteiger partial charge in [0.15, 0.2) is 0 Å². The van der Waals surface area contributed by atoms with E-state index in [-0.39, 0.29) is 24.2 Å². The molecule has 3 amide bonds. The van der Waals surface area contributed by atoms with Crippen LogP contribution in [-0.4, -0.2) is 43.0 Å². The van der Waals surface area contributed by atoms with Crippen LogP contribution in [0.15, 0.2) is 24.3 Å². The zero-order chi connectivity index (χ0) is 17.3. The quantitative estimate of drug-likeness (QED) is 0.807. The van der Waals surface area contributed by atoms with Crippen molar-refractivity contribution in [2.45, 2.75) is 20.3 Å². The highest BCUT2D eigenvalue weighted by molar-refractivity contribution is 5.78. The maximum Gasteiger partial charge on any atom is 0.317 e. The molecule has 1 aromatic rings. The van der Waals surface area contributed by atoms with E-state index in [1.807, 2.05) is 4.90 Å². The first-order valence-corrected chi connectivity index (χ1v) is 8.42. The van der Waals surface area contributed by atoms with Gasteiger partial charge in [0, 0.05) is 26.2 Å². The van der Waals surface area contributed by atoms with E-state index in [9.17, 15) is 14.0 Å². The molecule has 1 aliphatic carbocycles. The van der Waals surface area contributed by atoms with E-state index < -0.39 is 0 Å². The molecule has 1 aliphatic heterocycles. The maximum atomic E-state index is 13.1. The second-order valence-corrected chi connectivity index (χ2v) is 7.33. The Morgan fingerprint density at radius 2 is 1.88 bits per heavy atom. The van der Waals surface area contributed by atoms with Gasteiger partial charge in [0.05, 0.1) is 6.42 Å². The minimum atomic E-state index is -0.348. The monoisotopic (exact) mass is 333 g/mol. The van der Waals surface area contributed by atoms with Crippen molar-refractivity contribution in [2.75, 3.05) is 26.2 Å². The summed E-state index contributed by atoms with van der Waals surface area (Å²) in [5, 5.41) is 5.57. The summed E-state index contributed by atoms with van der Waals surface area (Å²) in [6.07, 6.45) is 0.135. The van der Waals surface area contributed by atoms with Gasteiger partial charge in [-0.3, -0.25) is 4.79 Å². The van der Waals surface area contributed by atoms with Gasteiger partial charge in [0.25, 0.3) is 0 Å². The highest BCUT2D eigenvalue weighted by atomic mass is 19.1. The molecule has 5 nitrogen and oxygen atoms in total. The number of hydrogen-bond acceptors (Lipinski definition) is 2. The van der Waals surface area contributed by atoms with Crippen LogP contribution in [-0.2, 0) is 11.2 Å². The van der Waals surface area contributed by atoms with Crippen molar-refractivity contribution in [3.05, 3.63) is 35.6 Å². The van der Waals surface area contributed by atoms with Gasteiger partial charge in [0.2, 0.25) is 5.91 Å². The van der Waals surface area contributed by atoms with E-state index in [0.717, 1.165) is 13.1 Å². The van der Waals surface area contributed by atoms with Gasteiger partial charge in [-0.1, -0.05) is 26.0 Å². The molecule has 2 unspecified atom stereocenters. The Hall–Kier alpha value is -2.11. The molecular weight excluding hydrogens is 309 g/mol. The van der Waals surface area contributed by atoms with Crippen LogP contribution < -0.4 is 10.6 Å². The fraction of sp³-hybridized carbons (Fsp3) is 0.556. The number of piperidine rings is 1. The first kappa shape index (κ1) is 16.7. The maximum absolute atomic E-state index is 13.1. The fourth-order valence-corrected chi connectivity index (χ4v) is 3.68. The van der Waals surface area contributed by atoms with E-state index in [0.29, 0.717) is 35.9 Å². The summed E-state index contributed by atoms with van der Waals surface area (Å²) < 4.78 is 13.1. The molecule has 1 aromatic carbocycles. The van der Waals surface area contributed by atoms with E-state index in [2.05, 4.69) is 24.5 Å². The van der Waals surface area contributed by atoms with Crippen molar-refractivity contribution in [3.8, 4) is 0 Å². The molecule has 0 spiro atoms. The van der Waals surface area contributed by atoms with Crippen molar-refractivity contribution < 1.29 is 14.0 Å². The molecule has 6 heteroatoms. The van der Waals surface area contributed by atoms with Crippen molar-refractivity contribution >= 4 is 11.9 Å². The summed E-state index contributed by atoms with van der Waals surface area (Å²) in [4.78, 5) is 25.7. The number of fused-ring (bicyclic) bond motifs is 1. The number of carbonyl (C=O) groups is 2. The van der Waals surface area contributed by atoms with Gasteiger partial charge in [0.1, 0.15) is 5.82 Å². The topological polar surface area (TPSA) is 61.4 Å². The fourth-order valence-electron chi connectivity index (χ4n) is 3.68. The number of amides is 3. The Labute approximate surface area is 141 Å². The predicted octanol–water partition coefficient (Wildman–Crippen LogP) is 1.78. The largest absolute Gasteiger partial charge is 0.354 e. The normalized spacial score (nSPS) is 23.5. The molecule has 2 aliphatic rings. The van der Waals surface area contributed by atoms with Crippen molar-refractivity contribution in [3.63, 3.8) is 0 Å².